The Hall–Kier alpha value is -1.36. The summed E-state index contributed by atoms with van der Waals surface area (Å²) < 4.78 is 6.52. The van der Waals surface area contributed by atoms with E-state index in [0.29, 0.717) is 13.2 Å². The zero-order chi connectivity index (χ0) is 10.4. The van der Waals surface area contributed by atoms with E-state index in [4.69, 9.17) is 4.74 Å². The van der Waals surface area contributed by atoms with Crippen LogP contribution in [0.2, 0.25) is 0 Å². The Morgan fingerprint density at radius 3 is 3.14 bits per heavy atom. The average molecular weight is 197 g/mol. The normalized spacial score (nSPS) is 10.1. The molecule has 0 saturated heterocycles. The van der Waals surface area contributed by atoms with Crippen LogP contribution in [0.3, 0.4) is 0 Å². The molecule has 1 aromatic heterocycles. The third-order valence-corrected chi connectivity index (χ3v) is 1.66. The van der Waals surface area contributed by atoms with Crippen molar-refractivity contribution in [3.8, 4) is 0 Å². The molecule has 0 aromatic carbocycles. The van der Waals surface area contributed by atoms with Gasteiger partial charge < -0.3 is 14.6 Å². The van der Waals surface area contributed by atoms with Gasteiger partial charge >= 0.3 is 5.97 Å². The van der Waals surface area contributed by atoms with Crippen molar-refractivity contribution in [1.82, 2.24) is 14.9 Å². The summed E-state index contributed by atoms with van der Waals surface area (Å²) >= 11 is 0. The number of nitrogens with zero attached hydrogens (tertiary/aromatic N) is 2. The molecule has 0 unspecified atom stereocenters. The molecule has 5 heteroatoms. The second kappa shape index (κ2) is 5.39. The highest BCUT2D eigenvalue weighted by Crippen LogP contribution is 1.96. The molecule has 0 aliphatic carbocycles. The Bertz CT molecular complexity index is 296. The molecule has 1 aromatic rings. The zero-order valence-electron chi connectivity index (χ0n) is 8.49. The minimum absolute atomic E-state index is 0.227. The summed E-state index contributed by atoms with van der Waals surface area (Å²) in [5.74, 6) is -0.235. The van der Waals surface area contributed by atoms with E-state index in [1.54, 1.807) is 17.8 Å². The predicted molar refractivity (Wildman–Crippen MR) is 51.6 cm³/mol. The molecule has 5 nitrogen and oxygen atoms in total. The molecular weight excluding hydrogens is 182 g/mol. The second-order valence-electron chi connectivity index (χ2n) is 2.87. The highest BCUT2D eigenvalue weighted by Gasteiger charge is 2.03. The number of esters is 1. The molecule has 1 N–H and O–H groups in total. The number of aromatic nitrogens is 2. The van der Waals surface area contributed by atoms with Gasteiger partial charge in [0.2, 0.25) is 0 Å². The Morgan fingerprint density at radius 2 is 2.50 bits per heavy atom. The lowest BCUT2D eigenvalue weighted by Gasteiger charge is -2.01. The van der Waals surface area contributed by atoms with Crippen LogP contribution < -0.4 is 5.32 Å². The first-order chi connectivity index (χ1) is 6.76. The third kappa shape index (κ3) is 3.18. The average Bonchev–Trinajstić information content (AvgIpc) is 2.53. The van der Waals surface area contributed by atoms with Crippen molar-refractivity contribution in [3.63, 3.8) is 0 Å². The number of imidazole rings is 1. The van der Waals surface area contributed by atoms with E-state index in [2.05, 4.69) is 10.3 Å². The number of nitrogens with one attached hydrogen (secondary N) is 1. The number of hydrogen-bond donors (Lipinski definition) is 1. The van der Waals surface area contributed by atoms with Crippen molar-refractivity contribution in [3.05, 3.63) is 18.2 Å². The standard InChI is InChI=1S/C9H15N3O2/c1-3-14-9(13)6-12-5-8(4-10-2)11-7-12/h5,7,10H,3-4,6H2,1-2H3. The van der Waals surface area contributed by atoms with Crippen molar-refractivity contribution in [2.45, 2.75) is 20.0 Å². The van der Waals surface area contributed by atoms with Crippen molar-refractivity contribution < 1.29 is 9.53 Å². The molecule has 78 valence electrons. The molecule has 0 spiro atoms. The Kier molecular flexibility index (Phi) is 4.12. The maximum absolute atomic E-state index is 11.1. The maximum atomic E-state index is 11.1. The quantitative estimate of drug-likeness (QED) is 0.683. The van der Waals surface area contributed by atoms with E-state index in [9.17, 15) is 4.79 Å². The maximum Gasteiger partial charge on any atom is 0.325 e. The van der Waals surface area contributed by atoms with Crippen LogP contribution in [-0.2, 0) is 22.6 Å². The fraction of sp³-hybridized carbons (Fsp3) is 0.556. The smallest absolute Gasteiger partial charge is 0.325 e. The number of rotatable bonds is 5. The van der Waals surface area contributed by atoms with Crippen molar-refractivity contribution in [2.75, 3.05) is 13.7 Å². The minimum Gasteiger partial charge on any atom is -0.465 e. The van der Waals surface area contributed by atoms with Crippen LogP contribution in [0.4, 0.5) is 0 Å². The number of carbonyl (C=O) groups is 1. The van der Waals surface area contributed by atoms with Gasteiger partial charge in [-0.15, -0.1) is 0 Å². The van der Waals surface area contributed by atoms with Gasteiger partial charge in [0.25, 0.3) is 0 Å². The molecule has 0 radical (unpaired) electrons. The summed E-state index contributed by atoms with van der Waals surface area (Å²) in [6.07, 6.45) is 3.46. The minimum atomic E-state index is -0.235. The highest BCUT2D eigenvalue weighted by molar-refractivity contribution is 5.69. The van der Waals surface area contributed by atoms with E-state index in [1.165, 1.54) is 0 Å². The van der Waals surface area contributed by atoms with Gasteiger partial charge in [0.05, 0.1) is 18.6 Å². The van der Waals surface area contributed by atoms with Gasteiger partial charge in [-0.2, -0.15) is 0 Å². The summed E-state index contributed by atoms with van der Waals surface area (Å²) in [6, 6.07) is 0. The summed E-state index contributed by atoms with van der Waals surface area (Å²) in [5, 5.41) is 2.98. The van der Waals surface area contributed by atoms with Gasteiger partial charge in [0, 0.05) is 12.7 Å². The molecule has 0 atom stereocenters. The van der Waals surface area contributed by atoms with Crippen molar-refractivity contribution in [1.29, 1.82) is 0 Å². The monoisotopic (exact) mass is 197 g/mol. The van der Waals surface area contributed by atoms with E-state index in [0.717, 1.165) is 5.69 Å². The first-order valence-corrected chi connectivity index (χ1v) is 4.57. The zero-order valence-corrected chi connectivity index (χ0v) is 8.49. The third-order valence-electron chi connectivity index (χ3n) is 1.66. The lowest BCUT2D eigenvalue weighted by Crippen LogP contribution is -2.12. The van der Waals surface area contributed by atoms with Crippen LogP contribution in [0, 0.1) is 0 Å². The Morgan fingerprint density at radius 1 is 1.71 bits per heavy atom. The fourth-order valence-electron chi connectivity index (χ4n) is 1.12. The topological polar surface area (TPSA) is 56.2 Å². The van der Waals surface area contributed by atoms with Gasteiger partial charge in [-0.25, -0.2) is 4.98 Å². The van der Waals surface area contributed by atoms with Crippen molar-refractivity contribution in [2.24, 2.45) is 0 Å². The number of hydrogen-bond acceptors (Lipinski definition) is 4. The summed E-state index contributed by atoms with van der Waals surface area (Å²) in [4.78, 5) is 15.2. The lowest BCUT2D eigenvalue weighted by molar-refractivity contribution is -0.143. The second-order valence-corrected chi connectivity index (χ2v) is 2.87. The van der Waals surface area contributed by atoms with Crippen LogP contribution in [0.15, 0.2) is 12.5 Å². The van der Waals surface area contributed by atoms with Crippen LogP contribution >= 0.6 is 0 Å². The highest BCUT2D eigenvalue weighted by atomic mass is 16.5. The molecule has 0 aliphatic heterocycles. The van der Waals surface area contributed by atoms with E-state index in [-0.39, 0.29) is 12.5 Å². The molecule has 1 heterocycles. The fourth-order valence-corrected chi connectivity index (χ4v) is 1.12. The van der Waals surface area contributed by atoms with Gasteiger partial charge in [-0.05, 0) is 14.0 Å². The Balaban J connectivity index is 2.46. The van der Waals surface area contributed by atoms with Crippen LogP contribution in [-0.4, -0.2) is 29.2 Å². The molecule has 0 fully saturated rings. The Labute approximate surface area is 83.1 Å². The molecular formula is C9H15N3O2. The molecule has 1 rings (SSSR count). The largest absolute Gasteiger partial charge is 0.465 e. The molecule has 0 amide bonds. The van der Waals surface area contributed by atoms with E-state index < -0.39 is 0 Å². The summed E-state index contributed by atoms with van der Waals surface area (Å²) in [7, 11) is 1.85. The van der Waals surface area contributed by atoms with Gasteiger partial charge in [0.15, 0.2) is 0 Å². The molecule has 14 heavy (non-hydrogen) atoms. The van der Waals surface area contributed by atoms with Crippen LogP contribution in [0.1, 0.15) is 12.6 Å². The molecule has 0 bridgehead atoms. The predicted octanol–water partition coefficient (Wildman–Crippen LogP) is 0.166. The van der Waals surface area contributed by atoms with Crippen LogP contribution in [0.5, 0.6) is 0 Å². The van der Waals surface area contributed by atoms with E-state index >= 15 is 0 Å². The van der Waals surface area contributed by atoms with E-state index in [1.807, 2.05) is 13.2 Å². The molecule has 0 aliphatic rings. The number of ether oxygens (including phenoxy) is 1. The summed E-state index contributed by atoms with van der Waals surface area (Å²) in [6.45, 7) is 3.13. The van der Waals surface area contributed by atoms with Gasteiger partial charge in [-0.3, -0.25) is 4.79 Å². The molecule has 0 saturated carbocycles. The van der Waals surface area contributed by atoms with Crippen molar-refractivity contribution >= 4 is 5.97 Å². The first kappa shape index (κ1) is 10.7. The lowest BCUT2D eigenvalue weighted by atomic mass is 10.5. The van der Waals surface area contributed by atoms with Gasteiger partial charge in [0.1, 0.15) is 6.54 Å². The SMILES string of the molecule is CCOC(=O)Cn1cnc(CNC)c1. The number of carbonyl (C=O) groups excluding carboxylic acids is 1. The van der Waals surface area contributed by atoms with Gasteiger partial charge in [-0.1, -0.05) is 0 Å². The van der Waals surface area contributed by atoms with Crippen LogP contribution in [0.25, 0.3) is 0 Å². The summed E-state index contributed by atoms with van der Waals surface area (Å²) in [5.41, 5.74) is 0.914. The first-order valence-electron chi connectivity index (χ1n) is 4.57.